The van der Waals surface area contributed by atoms with Gasteiger partial charge >= 0.3 is 12.1 Å². The number of amides is 1. The number of hydrogen-bond acceptors (Lipinski definition) is 8. The second kappa shape index (κ2) is 14.5. The lowest BCUT2D eigenvalue weighted by Gasteiger charge is -2.41. The smallest absolute Gasteiger partial charge is 0.410 e. The molecular formula is C31H52N2O8. The average molecular weight is 581 g/mol. The van der Waals surface area contributed by atoms with Crippen molar-refractivity contribution < 1.29 is 38.7 Å². The number of allylic oxidation sites excluding steroid dienone is 3. The van der Waals surface area contributed by atoms with E-state index in [4.69, 9.17) is 18.9 Å². The Morgan fingerprint density at radius 3 is 2.41 bits per heavy atom. The number of carbonyl (C=O) groups is 2. The monoisotopic (exact) mass is 580 g/mol. The first-order valence-electron chi connectivity index (χ1n) is 15.0. The van der Waals surface area contributed by atoms with Crippen molar-refractivity contribution in [3.63, 3.8) is 0 Å². The molecule has 10 heteroatoms. The van der Waals surface area contributed by atoms with Crippen LogP contribution < -0.4 is 0 Å². The second-order valence-electron chi connectivity index (χ2n) is 12.7. The molecule has 0 saturated carbocycles. The van der Waals surface area contributed by atoms with Crippen molar-refractivity contribution in [1.29, 1.82) is 0 Å². The van der Waals surface area contributed by atoms with Gasteiger partial charge in [-0.25, -0.2) is 4.79 Å². The summed E-state index contributed by atoms with van der Waals surface area (Å²) in [7, 11) is 3.65. The third-order valence-electron chi connectivity index (χ3n) is 8.97. The number of aliphatic hydroxyl groups excluding tert-OH is 1. The molecule has 234 valence electrons. The minimum atomic E-state index is -0.934. The van der Waals surface area contributed by atoms with E-state index >= 15 is 0 Å². The Bertz CT molecular complexity index is 946. The SMILES string of the molecule is CO[C@H]([C@@H](C)[C@H]1O[C@]1(C)C[C@H](C)/C=C/C=C(\C)[C@H]1O[C@@H](CC(=O)O)C[C@@H](OC(=O)N2CCN(C)CC2)[C@@H]1C)[C@@H](C)O. The topological polar surface area (TPSA) is 121 Å². The average Bonchev–Trinajstić information content (AvgIpc) is 3.56. The van der Waals surface area contributed by atoms with Gasteiger partial charge in [-0.2, -0.15) is 0 Å². The lowest BCUT2D eigenvalue weighted by molar-refractivity contribution is -0.151. The summed E-state index contributed by atoms with van der Waals surface area (Å²) in [5.74, 6) is -0.737. The van der Waals surface area contributed by atoms with E-state index in [1.165, 1.54) is 0 Å². The first kappa shape index (κ1) is 33.5. The molecule has 0 aromatic heterocycles. The summed E-state index contributed by atoms with van der Waals surface area (Å²) in [6.07, 6.45) is 4.74. The van der Waals surface area contributed by atoms with Gasteiger partial charge in [-0.3, -0.25) is 4.79 Å². The number of likely N-dealkylation sites (N-methyl/N-ethyl adjacent to an activating group) is 1. The van der Waals surface area contributed by atoms with Crippen LogP contribution in [0.5, 0.6) is 0 Å². The molecule has 0 bridgehead atoms. The van der Waals surface area contributed by atoms with Crippen LogP contribution in [-0.4, -0.2) is 115 Å². The van der Waals surface area contributed by atoms with Gasteiger partial charge in [0.05, 0.1) is 42.5 Å². The van der Waals surface area contributed by atoms with E-state index < -0.39 is 24.3 Å². The van der Waals surface area contributed by atoms with Gasteiger partial charge in [0, 0.05) is 51.5 Å². The zero-order chi connectivity index (χ0) is 30.5. The summed E-state index contributed by atoms with van der Waals surface area (Å²) < 4.78 is 23.8. The number of ether oxygens (including phenoxy) is 4. The molecule has 41 heavy (non-hydrogen) atoms. The number of aliphatic hydroxyl groups is 1. The molecule has 1 amide bonds. The number of nitrogens with zero attached hydrogens (tertiary/aromatic N) is 2. The molecule has 0 unspecified atom stereocenters. The number of rotatable bonds is 12. The second-order valence-corrected chi connectivity index (χ2v) is 12.7. The minimum Gasteiger partial charge on any atom is -0.481 e. The Kier molecular flexibility index (Phi) is 11.8. The fourth-order valence-electron chi connectivity index (χ4n) is 6.56. The summed E-state index contributed by atoms with van der Waals surface area (Å²) in [5, 5.41) is 19.4. The molecule has 0 aromatic carbocycles. The van der Waals surface area contributed by atoms with Gasteiger partial charge in [-0.05, 0) is 45.7 Å². The molecule has 3 saturated heterocycles. The fourth-order valence-corrected chi connectivity index (χ4v) is 6.56. The quantitative estimate of drug-likeness (QED) is 0.263. The van der Waals surface area contributed by atoms with Gasteiger partial charge in [0.1, 0.15) is 6.10 Å². The molecule has 0 radical (unpaired) electrons. The van der Waals surface area contributed by atoms with E-state index in [-0.39, 0.29) is 54.2 Å². The van der Waals surface area contributed by atoms with Crippen LogP contribution >= 0.6 is 0 Å². The third-order valence-corrected chi connectivity index (χ3v) is 8.97. The van der Waals surface area contributed by atoms with E-state index in [2.05, 4.69) is 31.7 Å². The highest BCUT2D eigenvalue weighted by molar-refractivity contribution is 5.68. The van der Waals surface area contributed by atoms with Crippen molar-refractivity contribution in [2.45, 2.75) is 103 Å². The van der Waals surface area contributed by atoms with Crippen LogP contribution in [0.15, 0.2) is 23.8 Å². The van der Waals surface area contributed by atoms with E-state index in [1.54, 1.807) is 18.9 Å². The first-order valence-corrected chi connectivity index (χ1v) is 15.0. The number of hydrogen-bond donors (Lipinski definition) is 2. The van der Waals surface area contributed by atoms with E-state index in [1.807, 2.05) is 33.0 Å². The highest BCUT2D eigenvalue weighted by atomic mass is 16.6. The van der Waals surface area contributed by atoms with Crippen molar-refractivity contribution in [2.24, 2.45) is 17.8 Å². The molecule has 0 aliphatic carbocycles. The molecule has 2 N–H and O–H groups in total. The maximum atomic E-state index is 12.9. The predicted molar refractivity (Wildman–Crippen MR) is 156 cm³/mol. The lowest BCUT2D eigenvalue weighted by Crippen LogP contribution is -2.51. The van der Waals surface area contributed by atoms with Crippen LogP contribution in [0.2, 0.25) is 0 Å². The summed E-state index contributed by atoms with van der Waals surface area (Å²) in [6, 6.07) is 0. The minimum absolute atomic E-state index is 0.0309. The molecule has 3 rings (SSSR count). The zero-order valence-electron chi connectivity index (χ0n) is 26.1. The summed E-state index contributed by atoms with van der Waals surface area (Å²) in [5.41, 5.74) is 0.691. The number of piperazine rings is 1. The molecular weight excluding hydrogens is 528 g/mol. The van der Waals surface area contributed by atoms with Crippen molar-refractivity contribution in [1.82, 2.24) is 9.80 Å². The van der Waals surface area contributed by atoms with Crippen LogP contribution in [-0.2, 0) is 23.7 Å². The predicted octanol–water partition coefficient (Wildman–Crippen LogP) is 3.73. The molecule has 10 atom stereocenters. The van der Waals surface area contributed by atoms with E-state index in [0.717, 1.165) is 25.1 Å². The van der Waals surface area contributed by atoms with E-state index in [9.17, 15) is 19.8 Å². The Morgan fingerprint density at radius 2 is 1.83 bits per heavy atom. The van der Waals surface area contributed by atoms with Crippen molar-refractivity contribution in [3.8, 4) is 0 Å². The van der Waals surface area contributed by atoms with E-state index in [0.29, 0.717) is 19.5 Å². The Hall–Kier alpha value is -1.98. The zero-order valence-corrected chi connectivity index (χ0v) is 26.1. The Morgan fingerprint density at radius 1 is 1.17 bits per heavy atom. The molecule has 0 aromatic rings. The summed E-state index contributed by atoms with van der Waals surface area (Å²) in [4.78, 5) is 28.3. The molecule has 3 fully saturated rings. The highest BCUT2D eigenvalue weighted by Crippen LogP contribution is 2.47. The largest absolute Gasteiger partial charge is 0.481 e. The van der Waals surface area contributed by atoms with Crippen LogP contribution in [0.3, 0.4) is 0 Å². The van der Waals surface area contributed by atoms with Crippen molar-refractivity contribution in [3.05, 3.63) is 23.8 Å². The molecule has 3 aliphatic heterocycles. The number of carboxylic acid groups (broad SMARTS) is 1. The van der Waals surface area contributed by atoms with Gasteiger partial charge in [-0.1, -0.05) is 39.0 Å². The molecule has 10 nitrogen and oxygen atoms in total. The van der Waals surface area contributed by atoms with Gasteiger partial charge < -0.3 is 39.0 Å². The standard InChI is InChI=1S/C31H52N2O8/c1-19(18-31(6)29(41-31)22(4)28(38-8)23(5)34)10-9-11-20(2)27-21(3)25(16-24(39-27)17-26(35)36)40-30(37)33-14-12-32(7)13-15-33/h9-11,19,21-25,27-29,34H,12-18H2,1-8H3,(H,35,36)/b10-9+,20-11+/t19-,21+,22-,23-,24-,25-,27-,28-,29-,31-/m1/s1. The van der Waals surface area contributed by atoms with Gasteiger partial charge in [0.15, 0.2) is 0 Å². The molecule has 0 spiro atoms. The number of epoxide rings is 1. The number of carboxylic acids is 1. The van der Waals surface area contributed by atoms with Crippen LogP contribution in [0.1, 0.15) is 60.8 Å². The van der Waals surface area contributed by atoms with Crippen LogP contribution in [0.4, 0.5) is 4.79 Å². The van der Waals surface area contributed by atoms with Crippen molar-refractivity contribution >= 4 is 12.1 Å². The maximum absolute atomic E-state index is 12.9. The van der Waals surface area contributed by atoms with Gasteiger partial charge in [-0.15, -0.1) is 0 Å². The molecule has 3 aliphatic rings. The summed E-state index contributed by atoms with van der Waals surface area (Å²) in [6.45, 7) is 14.9. The number of methoxy groups -OCH3 is 1. The van der Waals surface area contributed by atoms with Gasteiger partial charge in [0.2, 0.25) is 0 Å². The number of aliphatic carboxylic acids is 1. The maximum Gasteiger partial charge on any atom is 0.410 e. The van der Waals surface area contributed by atoms with Crippen LogP contribution in [0, 0.1) is 17.8 Å². The third kappa shape index (κ3) is 9.00. The fraction of sp³-hybridized carbons (Fsp3) is 0.806. The lowest BCUT2D eigenvalue weighted by atomic mass is 9.85. The first-order chi connectivity index (χ1) is 19.2. The Balaban J connectivity index is 1.61. The van der Waals surface area contributed by atoms with Gasteiger partial charge in [0.25, 0.3) is 0 Å². The highest BCUT2D eigenvalue weighted by Gasteiger charge is 2.56. The molecule has 3 heterocycles. The summed E-state index contributed by atoms with van der Waals surface area (Å²) >= 11 is 0. The Labute approximate surface area is 245 Å². The normalized spacial score (nSPS) is 34.2. The van der Waals surface area contributed by atoms with Crippen LogP contribution in [0.25, 0.3) is 0 Å². The van der Waals surface area contributed by atoms with Crippen molar-refractivity contribution in [2.75, 3.05) is 40.3 Å². The number of carbonyl (C=O) groups excluding carboxylic acids is 1.